The Balaban J connectivity index is 2.37. The fraction of sp³-hybridized carbons (Fsp3) is 0.125. The van der Waals surface area contributed by atoms with Crippen molar-refractivity contribution >= 4 is 23.4 Å². The molecule has 120 valence electrons. The van der Waals surface area contributed by atoms with Crippen molar-refractivity contribution in [3.63, 3.8) is 0 Å². The minimum absolute atomic E-state index is 0.140. The zero-order chi connectivity index (χ0) is 17.2. The number of amides is 2. The number of primary amides is 1. The van der Waals surface area contributed by atoms with E-state index in [1.165, 1.54) is 13.0 Å². The summed E-state index contributed by atoms with van der Waals surface area (Å²) in [6.07, 6.45) is 0. The van der Waals surface area contributed by atoms with Gasteiger partial charge in [0.05, 0.1) is 0 Å². The van der Waals surface area contributed by atoms with E-state index in [-0.39, 0.29) is 5.56 Å². The highest BCUT2D eigenvalue weighted by Crippen LogP contribution is 2.24. The number of carbonyl (C=O) groups is 2. The summed E-state index contributed by atoms with van der Waals surface area (Å²) in [5, 5.41) is 2.80. The molecule has 0 saturated heterocycles. The number of carbonyl (C=O) groups excluding carboxylic acids is 2. The molecule has 0 fully saturated rings. The molecule has 7 heteroatoms. The van der Waals surface area contributed by atoms with Crippen LogP contribution in [0.4, 0.5) is 8.78 Å². The molecule has 0 bridgehead atoms. The van der Waals surface area contributed by atoms with E-state index in [2.05, 4.69) is 5.32 Å². The number of hydrogen-bond donors (Lipinski definition) is 2. The predicted octanol–water partition coefficient (Wildman–Crippen LogP) is 2.75. The Kier molecular flexibility index (Phi) is 4.65. The molecule has 0 aliphatic carbocycles. The third-order valence-corrected chi connectivity index (χ3v) is 3.68. The van der Waals surface area contributed by atoms with Gasteiger partial charge in [-0.3, -0.25) is 9.59 Å². The molecule has 0 aromatic heterocycles. The maximum absolute atomic E-state index is 13.2. The lowest BCUT2D eigenvalue weighted by atomic mass is 9.90. The van der Waals surface area contributed by atoms with Crippen LogP contribution in [0.15, 0.2) is 42.5 Å². The molecular formula is C16H13ClF2N2O2. The molecule has 4 nitrogen and oxygen atoms in total. The van der Waals surface area contributed by atoms with Crippen molar-refractivity contribution in [3.05, 3.63) is 70.2 Å². The maximum atomic E-state index is 13.2. The van der Waals surface area contributed by atoms with Gasteiger partial charge in [-0.1, -0.05) is 23.7 Å². The third kappa shape index (κ3) is 3.48. The number of benzene rings is 2. The Bertz CT molecular complexity index is 782. The fourth-order valence-corrected chi connectivity index (χ4v) is 2.20. The minimum atomic E-state index is -1.56. The summed E-state index contributed by atoms with van der Waals surface area (Å²) in [7, 11) is 0. The Labute approximate surface area is 136 Å². The van der Waals surface area contributed by atoms with Gasteiger partial charge in [0.15, 0.2) is 11.6 Å². The molecule has 2 aromatic carbocycles. The second-order valence-corrected chi connectivity index (χ2v) is 5.52. The van der Waals surface area contributed by atoms with Crippen LogP contribution in [0.1, 0.15) is 22.8 Å². The largest absolute Gasteiger partial charge is 0.367 e. The third-order valence-electron chi connectivity index (χ3n) is 3.44. The van der Waals surface area contributed by atoms with Gasteiger partial charge in [0.25, 0.3) is 5.91 Å². The highest BCUT2D eigenvalue weighted by molar-refractivity contribution is 6.30. The van der Waals surface area contributed by atoms with Crippen LogP contribution in [0.5, 0.6) is 0 Å². The summed E-state index contributed by atoms with van der Waals surface area (Å²) in [5.41, 5.74) is 4.07. The molecule has 0 aliphatic rings. The Morgan fingerprint density at radius 2 is 1.83 bits per heavy atom. The van der Waals surface area contributed by atoms with Crippen LogP contribution in [0.3, 0.4) is 0 Å². The molecular weight excluding hydrogens is 326 g/mol. The number of hydrogen-bond acceptors (Lipinski definition) is 2. The number of halogens is 3. The smallest absolute Gasteiger partial charge is 0.252 e. The van der Waals surface area contributed by atoms with E-state index in [9.17, 15) is 18.4 Å². The van der Waals surface area contributed by atoms with E-state index in [0.717, 1.165) is 18.2 Å². The highest BCUT2D eigenvalue weighted by atomic mass is 35.5. The van der Waals surface area contributed by atoms with Crippen molar-refractivity contribution < 1.29 is 18.4 Å². The lowest BCUT2D eigenvalue weighted by Crippen LogP contribution is -2.52. The first-order chi connectivity index (χ1) is 10.7. The van der Waals surface area contributed by atoms with E-state index >= 15 is 0 Å². The average Bonchev–Trinajstić information content (AvgIpc) is 2.49. The Morgan fingerprint density at radius 1 is 1.13 bits per heavy atom. The zero-order valence-corrected chi connectivity index (χ0v) is 12.8. The highest BCUT2D eigenvalue weighted by Gasteiger charge is 2.35. The molecule has 2 rings (SSSR count). The molecule has 23 heavy (non-hydrogen) atoms. The first-order valence-corrected chi connectivity index (χ1v) is 6.95. The molecule has 2 aromatic rings. The van der Waals surface area contributed by atoms with Gasteiger partial charge < -0.3 is 11.1 Å². The predicted molar refractivity (Wildman–Crippen MR) is 81.8 cm³/mol. The van der Waals surface area contributed by atoms with E-state index in [1.54, 1.807) is 18.2 Å². The fourth-order valence-electron chi connectivity index (χ4n) is 2.01. The van der Waals surface area contributed by atoms with E-state index in [0.29, 0.717) is 10.6 Å². The Hall–Kier alpha value is -2.47. The zero-order valence-electron chi connectivity index (χ0n) is 12.1. The summed E-state index contributed by atoms with van der Waals surface area (Å²) >= 11 is 5.89. The van der Waals surface area contributed by atoms with Gasteiger partial charge >= 0.3 is 0 Å². The second kappa shape index (κ2) is 6.34. The lowest BCUT2D eigenvalue weighted by Gasteiger charge is -2.28. The van der Waals surface area contributed by atoms with Crippen molar-refractivity contribution in [2.45, 2.75) is 12.5 Å². The summed E-state index contributed by atoms with van der Waals surface area (Å²) < 4.78 is 26.2. The van der Waals surface area contributed by atoms with Crippen LogP contribution in [0.25, 0.3) is 0 Å². The van der Waals surface area contributed by atoms with Gasteiger partial charge in [-0.05, 0) is 42.8 Å². The normalized spacial score (nSPS) is 13.2. The SMILES string of the molecule is C[C@@](NC(=O)c1ccc(F)c(F)c1)(C(N)=O)c1cccc(Cl)c1. The minimum Gasteiger partial charge on any atom is -0.367 e. The molecule has 3 N–H and O–H groups in total. The van der Waals surface area contributed by atoms with Crippen LogP contribution in [0, 0.1) is 11.6 Å². The van der Waals surface area contributed by atoms with Crippen molar-refractivity contribution in [2.75, 3.05) is 0 Å². The van der Waals surface area contributed by atoms with Gasteiger partial charge in [-0.2, -0.15) is 0 Å². The van der Waals surface area contributed by atoms with Gasteiger partial charge in [-0.25, -0.2) is 8.78 Å². The number of nitrogens with two attached hydrogens (primary N) is 1. The standard InChI is InChI=1S/C16H13ClF2N2O2/c1-16(15(20)23,10-3-2-4-11(17)8-10)21-14(22)9-5-6-12(18)13(19)7-9/h2-8H,1H3,(H2,20,23)(H,21,22)/t16-/m0/s1. The monoisotopic (exact) mass is 338 g/mol. The molecule has 1 atom stereocenters. The Morgan fingerprint density at radius 3 is 2.39 bits per heavy atom. The van der Waals surface area contributed by atoms with Crippen LogP contribution >= 0.6 is 11.6 Å². The second-order valence-electron chi connectivity index (χ2n) is 5.08. The van der Waals surface area contributed by atoms with Crippen LogP contribution in [-0.2, 0) is 10.3 Å². The van der Waals surface area contributed by atoms with Crippen LogP contribution in [0.2, 0.25) is 5.02 Å². The molecule has 0 unspecified atom stereocenters. The lowest BCUT2D eigenvalue weighted by molar-refractivity contribution is -0.123. The van der Waals surface area contributed by atoms with Crippen LogP contribution < -0.4 is 11.1 Å². The molecule has 0 aliphatic heterocycles. The van der Waals surface area contributed by atoms with Crippen LogP contribution in [-0.4, -0.2) is 11.8 Å². The van der Waals surface area contributed by atoms with Crippen molar-refractivity contribution in [1.29, 1.82) is 0 Å². The molecule has 2 amide bonds. The quantitative estimate of drug-likeness (QED) is 0.899. The topological polar surface area (TPSA) is 72.2 Å². The van der Waals surface area contributed by atoms with E-state index < -0.39 is 29.0 Å². The number of nitrogens with one attached hydrogen (secondary N) is 1. The van der Waals surface area contributed by atoms with Gasteiger partial charge in [0.2, 0.25) is 5.91 Å². The summed E-state index contributed by atoms with van der Waals surface area (Å²) in [5.74, 6) is -3.84. The van der Waals surface area contributed by atoms with Crippen molar-refractivity contribution in [3.8, 4) is 0 Å². The van der Waals surface area contributed by atoms with Gasteiger partial charge in [0.1, 0.15) is 5.54 Å². The van der Waals surface area contributed by atoms with Gasteiger partial charge in [0, 0.05) is 10.6 Å². The maximum Gasteiger partial charge on any atom is 0.252 e. The molecule has 0 saturated carbocycles. The van der Waals surface area contributed by atoms with Crippen molar-refractivity contribution in [2.24, 2.45) is 5.73 Å². The van der Waals surface area contributed by atoms with Gasteiger partial charge in [-0.15, -0.1) is 0 Å². The molecule has 0 heterocycles. The summed E-state index contributed by atoms with van der Waals surface area (Å²) in [4.78, 5) is 24.1. The summed E-state index contributed by atoms with van der Waals surface area (Å²) in [6, 6.07) is 8.93. The first-order valence-electron chi connectivity index (χ1n) is 6.57. The summed E-state index contributed by atoms with van der Waals surface area (Å²) in [6.45, 7) is 1.40. The van der Waals surface area contributed by atoms with Crippen molar-refractivity contribution in [1.82, 2.24) is 5.32 Å². The molecule has 0 spiro atoms. The van der Waals surface area contributed by atoms with E-state index in [4.69, 9.17) is 17.3 Å². The number of rotatable bonds is 4. The molecule has 0 radical (unpaired) electrons. The van der Waals surface area contributed by atoms with E-state index in [1.807, 2.05) is 0 Å². The average molecular weight is 339 g/mol. The first kappa shape index (κ1) is 16.9.